The molecule has 1 aromatic rings. The summed E-state index contributed by atoms with van der Waals surface area (Å²) >= 11 is 1.85. The van der Waals surface area contributed by atoms with Crippen LogP contribution in [0.1, 0.15) is 50.7 Å². The topological polar surface area (TPSA) is 24.9 Å². The first-order chi connectivity index (χ1) is 8.85. The maximum Gasteiger partial charge on any atom is 0.0934 e. The minimum absolute atomic E-state index is 0.221. The molecule has 0 saturated heterocycles. The van der Waals surface area contributed by atoms with Gasteiger partial charge in [0, 0.05) is 29.6 Å². The van der Waals surface area contributed by atoms with Crippen molar-refractivity contribution in [1.82, 2.24) is 10.3 Å². The second kappa shape index (κ2) is 4.56. The molecule has 2 aliphatic carbocycles. The van der Waals surface area contributed by atoms with Crippen molar-refractivity contribution in [3.05, 3.63) is 16.1 Å². The van der Waals surface area contributed by atoms with Gasteiger partial charge in [-0.1, -0.05) is 0 Å². The lowest BCUT2D eigenvalue weighted by atomic mass is 9.79. The largest absolute Gasteiger partial charge is 0.312 e. The molecular formula is C16H26N2S. The van der Waals surface area contributed by atoms with E-state index in [9.17, 15) is 0 Å². The molecule has 2 aliphatic rings. The van der Waals surface area contributed by atoms with Crippen LogP contribution in [0, 0.1) is 24.2 Å². The Bertz CT molecular complexity index is 448. The molecule has 2 unspecified atom stereocenters. The van der Waals surface area contributed by atoms with Crippen LogP contribution in [0.15, 0.2) is 5.38 Å². The predicted molar refractivity (Wildman–Crippen MR) is 81.6 cm³/mol. The summed E-state index contributed by atoms with van der Waals surface area (Å²) in [5.41, 5.74) is 1.88. The van der Waals surface area contributed by atoms with Crippen LogP contribution in [0.4, 0.5) is 0 Å². The number of aromatic nitrogens is 1. The highest BCUT2D eigenvalue weighted by Crippen LogP contribution is 2.60. The van der Waals surface area contributed by atoms with Gasteiger partial charge in [-0.05, 0) is 64.2 Å². The van der Waals surface area contributed by atoms with Crippen LogP contribution in [-0.4, -0.2) is 17.1 Å². The van der Waals surface area contributed by atoms with E-state index < -0.39 is 0 Å². The van der Waals surface area contributed by atoms with E-state index in [2.05, 4.69) is 38.4 Å². The van der Waals surface area contributed by atoms with E-state index >= 15 is 0 Å². The lowest BCUT2D eigenvalue weighted by molar-refractivity contribution is 0.222. The van der Waals surface area contributed by atoms with Crippen molar-refractivity contribution in [2.24, 2.45) is 17.3 Å². The molecule has 0 spiro atoms. The van der Waals surface area contributed by atoms with E-state index in [1.54, 1.807) is 0 Å². The zero-order valence-corrected chi connectivity index (χ0v) is 13.4. The minimum atomic E-state index is 0.221. The summed E-state index contributed by atoms with van der Waals surface area (Å²) in [6, 6.07) is 0. The van der Waals surface area contributed by atoms with Crippen LogP contribution in [0.25, 0.3) is 0 Å². The summed E-state index contributed by atoms with van der Waals surface area (Å²) in [5, 5.41) is 7.28. The SMILES string of the molecule is Cc1csc(CC2(CNC(C)(C)C)CC3CC3C2)n1. The second-order valence-electron chi connectivity index (χ2n) is 7.83. The predicted octanol–water partition coefficient (Wildman–Crippen LogP) is 3.80. The van der Waals surface area contributed by atoms with Gasteiger partial charge < -0.3 is 5.32 Å². The van der Waals surface area contributed by atoms with Crippen molar-refractivity contribution >= 4 is 11.3 Å². The first-order valence-corrected chi connectivity index (χ1v) is 8.39. The Labute approximate surface area is 121 Å². The Kier molecular flexibility index (Phi) is 3.25. The van der Waals surface area contributed by atoms with Gasteiger partial charge in [-0.25, -0.2) is 4.98 Å². The van der Waals surface area contributed by atoms with E-state index in [0.717, 1.165) is 18.4 Å². The maximum atomic E-state index is 4.69. The third-order valence-corrected chi connectivity index (χ3v) is 5.61. The summed E-state index contributed by atoms with van der Waals surface area (Å²) < 4.78 is 0. The number of nitrogens with one attached hydrogen (secondary N) is 1. The van der Waals surface area contributed by atoms with Crippen molar-refractivity contribution in [2.45, 2.75) is 58.9 Å². The highest BCUT2D eigenvalue weighted by Gasteiger charge is 2.53. The lowest BCUT2D eigenvalue weighted by Crippen LogP contribution is -2.44. The summed E-state index contributed by atoms with van der Waals surface area (Å²) in [7, 11) is 0. The van der Waals surface area contributed by atoms with Crippen molar-refractivity contribution in [2.75, 3.05) is 6.54 Å². The summed E-state index contributed by atoms with van der Waals surface area (Å²) in [5.74, 6) is 2.06. The van der Waals surface area contributed by atoms with Crippen LogP contribution in [0.3, 0.4) is 0 Å². The van der Waals surface area contributed by atoms with Crippen molar-refractivity contribution in [3.63, 3.8) is 0 Å². The Morgan fingerprint density at radius 2 is 2.05 bits per heavy atom. The zero-order chi connectivity index (χ0) is 13.7. The molecule has 1 heterocycles. The van der Waals surface area contributed by atoms with Gasteiger partial charge in [0.2, 0.25) is 0 Å². The van der Waals surface area contributed by atoms with E-state index in [1.807, 2.05) is 11.3 Å². The molecule has 0 radical (unpaired) electrons. The van der Waals surface area contributed by atoms with Crippen LogP contribution in [0.2, 0.25) is 0 Å². The van der Waals surface area contributed by atoms with Crippen LogP contribution >= 0.6 is 11.3 Å². The van der Waals surface area contributed by atoms with Crippen LogP contribution in [-0.2, 0) is 6.42 Å². The van der Waals surface area contributed by atoms with Gasteiger partial charge >= 0.3 is 0 Å². The summed E-state index contributed by atoms with van der Waals surface area (Å²) in [6.07, 6.45) is 5.51. The molecule has 1 aromatic heterocycles. The van der Waals surface area contributed by atoms with E-state index in [0.29, 0.717) is 5.41 Å². The molecule has 0 bridgehead atoms. The van der Waals surface area contributed by atoms with Crippen molar-refractivity contribution in [1.29, 1.82) is 0 Å². The van der Waals surface area contributed by atoms with Gasteiger partial charge in [-0.2, -0.15) is 0 Å². The lowest BCUT2D eigenvalue weighted by Gasteiger charge is -2.34. The number of hydrogen-bond donors (Lipinski definition) is 1. The summed E-state index contributed by atoms with van der Waals surface area (Å²) in [6.45, 7) is 10.1. The average Bonchev–Trinajstić information content (AvgIpc) is 2.71. The number of aryl methyl sites for hydroxylation is 1. The van der Waals surface area contributed by atoms with Gasteiger partial charge in [0.15, 0.2) is 0 Å². The number of thiazole rings is 1. The number of hydrogen-bond acceptors (Lipinski definition) is 3. The third-order valence-electron chi connectivity index (χ3n) is 4.65. The minimum Gasteiger partial charge on any atom is -0.312 e. The van der Waals surface area contributed by atoms with E-state index in [4.69, 9.17) is 4.98 Å². The van der Waals surface area contributed by atoms with Crippen molar-refractivity contribution < 1.29 is 0 Å². The van der Waals surface area contributed by atoms with E-state index in [-0.39, 0.29) is 5.54 Å². The first-order valence-electron chi connectivity index (χ1n) is 7.51. The Balaban J connectivity index is 1.70. The quantitative estimate of drug-likeness (QED) is 0.906. The van der Waals surface area contributed by atoms with Gasteiger partial charge in [-0.3, -0.25) is 0 Å². The maximum absolute atomic E-state index is 4.69. The van der Waals surface area contributed by atoms with Gasteiger partial charge in [0.25, 0.3) is 0 Å². The normalized spacial score (nSPS) is 33.5. The molecule has 3 heteroatoms. The number of fused-ring (bicyclic) bond motifs is 1. The van der Waals surface area contributed by atoms with Crippen molar-refractivity contribution in [3.8, 4) is 0 Å². The highest BCUT2D eigenvalue weighted by molar-refractivity contribution is 7.09. The van der Waals surface area contributed by atoms with Gasteiger partial charge in [-0.15, -0.1) is 11.3 Å². The molecule has 0 aromatic carbocycles. The molecule has 2 atom stereocenters. The smallest absolute Gasteiger partial charge is 0.0934 e. The zero-order valence-electron chi connectivity index (χ0n) is 12.6. The molecule has 3 rings (SSSR count). The molecule has 0 aliphatic heterocycles. The molecule has 0 amide bonds. The summed E-state index contributed by atoms with van der Waals surface area (Å²) in [4.78, 5) is 4.69. The fourth-order valence-electron chi connectivity index (χ4n) is 3.61. The fraction of sp³-hybridized carbons (Fsp3) is 0.812. The average molecular weight is 278 g/mol. The van der Waals surface area contributed by atoms with E-state index in [1.165, 1.54) is 36.4 Å². The molecule has 19 heavy (non-hydrogen) atoms. The number of rotatable bonds is 4. The molecule has 106 valence electrons. The Morgan fingerprint density at radius 3 is 2.58 bits per heavy atom. The fourth-order valence-corrected chi connectivity index (χ4v) is 4.56. The van der Waals surface area contributed by atoms with Gasteiger partial charge in [0.1, 0.15) is 0 Å². The first kappa shape index (κ1) is 13.6. The Morgan fingerprint density at radius 1 is 1.37 bits per heavy atom. The monoisotopic (exact) mass is 278 g/mol. The molecule has 2 nitrogen and oxygen atoms in total. The highest BCUT2D eigenvalue weighted by atomic mass is 32.1. The van der Waals surface area contributed by atoms with Gasteiger partial charge in [0.05, 0.1) is 5.01 Å². The van der Waals surface area contributed by atoms with Crippen LogP contribution < -0.4 is 5.32 Å². The number of nitrogens with zero attached hydrogens (tertiary/aromatic N) is 1. The molecule has 2 saturated carbocycles. The molecule has 1 N–H and O–H groups in total. The second-order valence-corrected chi connectivity index (χ2v) is 8.77. The standard InChI is InChI=1S/C16H26N2S/c1-11-9-19-14(18-11)8-16(10-17-15(2,3)4)6-12-5-13(12)7-16/h9,12-13,17H,5-8,10H2,1-4H3. The van der Waals surface area contributed by atoms with Crippen LogP contribution in [0.5, 0.6) is 0 Å². The molecular weight excluding hydrogens is 252 g/mol. The molecule has 2 fully saturated rings. The third kappa shape index (κ3) is 3.19. The Hall–Kier alpha value is -0.410.